The first-order valence-electron chi connectivity index (χ1n) is 8.74. The van der Waals surface area contributed by atoms with Gasteiger partial charge in [0.15, 0.2) is 17.6 Å². The van der Waals surface area contributed by atoms with Gasteiger partial charge in [0.1, 0.15) is 5.75 Å². The Kier molecular flexibility index (Phi) is 5.64. The van der Waals surface area contributed by atoms with Crippen LogP contribution in [0.5, 0.6) is 17.2 Å². The number of sulfonamides is 1. The zero-order valence-electron chi connectivity index (χ0n) is 15.8. The topological polar surface area (TPSA) is 103 Å². The highest BCUT2D eigenvalue weighted by Gasteiger charge is 2.19. The summed E-state index contributed by atoms with van der Waals surface area (Å²) >= 11 is 0. The minimum absolute atomic E-state index is 0.00771. The molecule has 0 aliphatic carbocycles. The lowest BCUT2D eigenvalue weighted by Gasteiger charge is -2.16. The molecule has 0 spiro atoms. The van der Waals surface area contributed by atoms with Crippen LogP contribution in [0.15, 0.2) is 47.4 Å². The molecule has 0 fully saturated rings. The average Bonchev–Trinajstić information content (AvgIpc) is 3.09. The number of benzene rings is 2. The molecule has 2 N–H and O–H groups in total. The second-order valence-electron chi connectivity index (χ2n) is 6.57. The van der Waals surface area contributed by atoms with E-state index in [0.29, 0.717) is 22.9 Å². The summed E-state index contributed by atoms with van der Waals surface area (Å²) in [6.07, 6.45) is -0.698. The van der Waals surface area contributed by atoms with E-state index in [1.54, 1.807) is 25.1 Å². The van der Waals surface area contributed by atoms with Gasteiger partial charge in [0.25, 0.3) is 15.9 Å². The van der Waals surface area contributed by atoms with Crippen LogP contribution in [0.1, 0.15) is 20.8 Å². The third kappa shape index (κ3) is 4.66. The summed E-state index contributed by atoms with van der Waals surface area (Å²) in [5, 5.41) is 2.75. The molecule has 1 amide bonds. The number of rotatable bonds is 7. The lowest BCUT2D eigenvalue weighted by molar-refractivity contribution is -0.127. The van der Waals surface area contributed by atoms with Crippen molar-refractivity contribution >= 4 is 21.6 Å². The van der Waals surface area contributed by atoms with Crippen molar-refractivity contribution in [3.63, 3.8) is 0 Å². The third-order valence-electron chi connectivity index (χ3n) is 3.87. The van der Waals surface area contributed by atoms with Crippen molar-refractivity contribution in [1.29, 1.82) is 0 Å². The minimum atomic E-state index is -3.79. The lowest BCUT2D eigenvalue weighted by atomic mass is 10.3. The summed E-state index contributed by atoms with van der Waals surface area (Å²) in [7, 11) is -3.79. The summed E-state index contributed by atoms with van der Waals surface area (Å²) in [6, 6.07) is 10.6. The highest BCUT2D eigenvalue weighted by Crippen LogP contribution is 2.34. The van der Waals surface area contributed by atoms with Crippen molar-refractivity contribution in [3.8, 4) is 17.2 Å². The molecule has 0 bridgehead atoms. The fraction of sp³-hybridized carbons (Fsp3) is 0.316. The maximum atomic E-state index is 12.6. The number of hydrogen-bond donors (Lipinski definition) is 2. The van der Waals surface area contributed by atoms with Gasteiger partial charge in [-0.05, 0) is 57.2 Å². The van der Waals surface area contributed by atoms with Gasteiger partial charge >= 0.3 is 0 Å². The van der Waals surface area contributed by atoms with Crippen molar-refractivity contribution < 1.29 is 27.4 Å². The summed E-state index contributed by atoms with van der Waals surface area (Å²) in [5.74, 6) is 1.21. The van der Waals surface area contributed by atoms with E-state index < -0.39 is 16.1 Å². The predicted molar refractivity (Wildman–Crippen MR) is 103 cm³/mol. The summed E-state index contributed by atoms with van der Waals surface area (Å²) in [6.45, 7) is 5.46. The van der Waals surface area contributed by atoms with Gasteiger partial charge < -0.3 is 19.5 Å². The number of ether oxygens (including phenoxy) is 3. The molecule has 3 rings (SSSR count). The Morgan fingerprint density at radius 1 is 1.04 bits per heavy atom. The van der Waals surface area contributed by atoms with Crippen molar-refractivity contribution in [2.45, 2.75) is 37.8 Å². The normalized spacial score (nSPS) is 13.9. The molecule has 28 heavy (non-hydrogen) atoms. The monoisotopic (exact) mass is 406 g/mol. The van der Waals surface area contributed by atoms with Crippen LogP contribution in [0.4, 0.5) is 5.69 Å². The number of nitrogens with one attached hydrogen (secondary N) is 2. The Morgan fingerprint density at radius 2 is 1.71 bits per heavy atom. The van der Waals surface area contributed by atoms with Crippen molar-refractivity contribution in [1.82, 2.24) is 5.32 Å². The second kappa shape index (κ2) is 7.97. The molecule has 8 nitrogen and oxygen atoms in total. The first kappa shape index (κ1) is 19.8. The molecule has 1 heterocycles. The average molecular weight is 406 g/mol. The van der Waals surface area contributed by atoms with E-state index in [4.69, 9.17) is 14.2 Å². The number of carbonyl (C=O) groups excluding carboxylic acids is 1. The maximum Gasteiger partial charge on any atom is 0.261 e. The molecule has 0 aromatic heterocycles. The molecule has 9 heteroatoms. The molecule has 0 saturated carbocycles. The van der Waals surface area contributed by atoms with Gasteiger partial charge in [0, 0.05) is 12.1 Å². The summed E-state index contributed by atoms with van der Waals surface area (Å²) in [5.41, 5.74) is 0.364. The van der Waals surface area contributed by atoms with Gasteiger partial charge in [-0.2, -0.15) is 0 Å². The molecule has 0 radical (unpaired) electrons. The van der Waals surface area contributed by atoms with Gasteiger partial charge in [-0.25, -0.2) is 8.42 Å². The second-order valence-corrected chi connectivity index (χ2v) is 8.25. The lowest BCUT2D eigenvalue weighted by Crippen LogP contribution is -2.40. The van der Waals surface area contributed by atoms with E-state index in [1.165, 1.54) is 24.3 Å². The maximum absolute atomic E-state index is 12.6. The van der Waals surface area contributed by atoms with E-state index in [2.05, 4.69) is 10.0 Å². The molecule has 2 aromatic rings. The van der Waals surface area contributed by atoms with Gasteiger partial charge in [0.05, 0.1) is 10.6 Å². The van der Waals surface area contributed by atoms with E-state index in [1.807, 2.05) is 13.8 Å². The van der Waals surface area contributed by atoms with Crippen LogP contribution in [0.2, 0.25) is 0 Å². The molecule has 1 aliphatic heterocycles. The molecular formula is C19H22N2O6S. The smallest absolute Gasteiger partial charge is 0.261 e. The standard InChI is InChI=1S/C19H22N2O6S/c1-12(2)20-19(22)13(3)27-15-5-7-16(8-6-15)28(23,24)21-14-4-9-17-18(10-14)26-11-25-17/h4-10,12-13,21H,11H2,1-3H3,(H,20,22)/t13-/m1/s1. The summed E-state index contributed by atoms with van der Waals surface area (Å²) < 4.78 is 43.7. The first-order chi connectivity index (χ1) is 13.2. The van der Waals surface area contributed by atoms with E-state index in [-0.39, 0.29) is 23.6 Å². The van der Waals surface area contributed by atoms with Crippen LogP contribution < -0.4 is 24.2 Å². The van der Waals surface area contributed by atoms with Crippen molar-refractivity contribution in [3.05, 3.63) is 42.5 Å². The SMILES string of the molecule is CC(C)NC(=O)[C@@H](C)Oc1ccc(S(=O)(=O)Nc2ccc3c(c2)OCO3)cc1. The number of anilines is 1. The molecule has 0 unspecified atom stereocenters. The number of hydrogen-bond acceptors (Lipinski definition) is 6. The molecule has 1 aliphatic rings. The Bertz CT molecular complexity index is 957. The Hall–Kier alpha value is -2.94. The van der Waals surface area contributed by atoms with Crippen LogP contribution in [-0.2, 0) is 14.8 Å². The Labute approximate surface area is 163 Å². The number of carbonyl (C=O) groups is 1. The van der Waals surface area contributed by atoms with Crippen LogP contribution in [-0.4, -0.2) is 33.3 Å². The summed E-state index contributed by atoms with van der Waals surface area (Å²) in [4.78, 5) is 12.0. The van der Waals surface area contributed by atoms with Crippen LogP contribution in [0.25, 0.3) is 0 Å². The highest BCUT2D eigenvalue weighted by atomic mass is 32.2. The molecular weight excluding hydrogens is 384 g/mol. The minimum Gasteiger partial charge on any atom is -0.481 e. The predicted octanol–water partition coefficient (Wildman–Crippen LogP) is 2.51. The van der Waals surface area contributed by atoms with E-state index in [0.717, 1.165) is 0 Å². The van der Waals surface area contributed by atoms with Gasteiger partial charge in [-0.1, -0.05) is 0 Å². The van der Waals surface area contributed by atoms with Gasteiger partial charge in [0.2, 0.25) is 6.79 Å². The largest absolute Gasteiger partial charge is 0.481 e. The van der Waals surface area contributed by atoms with Gasteiger partial charge in [-0.15, -0.1) is 0 Å². The highest BCUT2D eigenvalue weighted by molar-refractivity contribution is 7.92. The molecule has 2 aromatic carbocycles. The van der Waals surface area contributed by atoms with Crippen molar-refractivity contribution in [2.24, 2.45) is 0 Å². The molecule has 0 saturated heterocycles. The fourth-order valence-electron chi connectivity index (χ4n) is 2.53. The van der Waals surface area contributed by atoms with E-state index >= 15 is 0 Å². The van der Waals surface area contributed by atoms with E-state index in [9.17, 15) is 13.2 Å². The Morgan fingerprint density at radius 3 is 2.39 bits per heavy atom. The Balaban J connectivity index is 1.67. The zero-order valence-corrected chi connectivity index (χ0v) is 16.6. The third-order valence-corrected chi connectivity index (χ3v) is 5.27. The van der Waals surface area contributed by atoms with Crippen LogP contribution in [0.3, 0.4) is 0 Å². The number of fused-ring (bicyclic) bond motifs is 1. The van der Waals surface area contributed by atoms with Crippen LogP contribution >= 0.6 is 0 Å². The quantitative estimate of drug-likeness (QED) is 0.732. The van der Waals surface area contributed by atoms with Gasteiger partial charge in [-0.3, -0.25) is 9.52 Å². The zero-order chi connectivity index (χ0) is 20.3. The number of amides is 1. The molecule has 150 valence electrons. The van der Waals surface area contributed by atoms with Crippen LogP contribution in [0, 0.1) is 0 Å². The van der Waals surface area contributed by atoms with Crippen molar-refractivity contribution in [2.75, 3.05) is 11.5 Å². The fourth-order valence-corrected chi connectivity index (χ4v) is 3.58. The molecule has 1 atom stereocenters. The first-order valence-corrected chi connectivity index (χ1v) is 10.2.